The van der Waals surface area contributed by atoms with Crippen molar-refractivity contribution in [3.8, 4) is 0 Å². The van der Waals surface area contributed by atoms with Crippen LogP contribution in [0.5, 0.6) is 0 Å². The quantitative estimate of drug-likeness (QED) is 0.269. The molecule has 2 N–H and O–H groups in total. The molecule has 0 radical (unpaired) electrons. The van der Waals surface area contributed by atoms with E-state index in [2.05, 4.69) is 13.2 Å². The van der Waals surface area contributed by atoms with Crippen molar-refractivity contribution in [2.75, 3.05) is 11.5 Å². The summed E-state index contributed by atoms with van der Waals surface area (Å²) < 4.78 is 0. The molecule has 0 unspecified atom stereocenters. The molecule has 3 heteroatoms. The van der Waals surface area contributed by atoms with Gasteiger partial charge in [-0.05, 0) is 41.5 Å². The van der Waals surface area contributed by atoms with Gasteiger partial charge in [0.25, 0.3) is 0 Å². The van der Waals surface area contributed by atoms with Crippen LogP contribution in [-0.2, 0) is 4.79 Å². The predicted octanol–water partition coefficient (Wildman–Crippen LogP) is 3.87. The summed E-state index contributed by atoms with van der Waals surface area (Å²) >= 11 is 1.67. The van der Waals surface area contributed by atoms with Crippen LogP contribution in [-0.4, -0.2) is 12.0 Å². The third-order valence-electron chi connectivity index (χ3n) is 2.30. The van der Waals surface area contributed by atoms with Gasteiger partial charge in [-0.3, -0.25) is 4.79 Å². The Morgan fingerprint density at radius 3 is 2.84 bits per heavy atom. The Labute approximate surface area is 118 Å². The summed E-state index contributed by atoms with van der Waals surface area (Å²) in [6.45, 7) is 7.57. The van der Waals surface area contributed by atoms with Crippen molar-refractivity contribution in [1.29, 1.82) is 0 Å². The molecule has 19 heavy (non-hydrogen) atoms. The zero-order chi connectivity index (χ0) is 14.1. The van der Waals surface area contributed by atoms with Crippen molar-refractivity contribution >= 4 is 29.8 Å². The van der Waals surface area contributed by atoms with E-state index >= 15 is 0 Å². The van der Waals surface area contributed by atoms with Crippen molar-refractivity contribution in [2.45, 2.75) is 4.90 Å². The monoisotopic (exact) mass is 271 g/mol. The number of aldehydes is 1. The number of allylic oxidation sites excluding steroid dienone is 4. The normalized spacial score (nSPS) is 10.9. The van der Waals surface area contributed by atoms with Crippen LogP contribution in [0.4, 0.5) is 5.69 Å². The van der Waals surface area contributed by atoms with Gasteiger partial charge in [-0.2, -0.15) is 0 Å². The van der Waals surface area contributed by atoms with Gasteiger partial charge in [0, 0.05) is 16.3 Å². The van der Waals surface area contributed by atoms with Crippen molar-refractivity contribution in [1.82, 2.24) is 0 Å². The highest BCUT2D eigenvalue weighted by Crippen LogP contribution is 2.25. The van der Waals surface area contributed by atoms with E-state index in [-0.39, 0.29) is 0 Å². The smallest absolute Gasteiger partial charge is 0.142 e. The van der Waals surface area contributed by atoms with Crippen LogP contribution in [0.1, 0.15) is 5.56 Å². The Hall–Kier alpha value is -2.00. The van der Waals surface area contributed by atoms with E-state index in [1.807, 2.05) is 30.4 Å². The number of nitrogen functional groups attached to an aromatic ring is 1. The average Bonchev–Trinajstić information content (AvgIpc) is 2.42. The standard InChI is InChI=1S/C16H17NOS/c1-3-4-6-13(2)12-19-15-8-9-16(17)14(11-15)7-5-10-18/h3-11H,1-2,12,17H2/b6-4-,7-5+. The fourth-order valence-corrected chi connectivity index (χ4v) is 2.18. The first kappa shape index (κ1) is 15.1. The zero-order valence-electron chi connectivity index (χ0n) is 10.7. The zero-order valence-corrected chi connectivity index (χ0v) is 11.5. The summed E-state index contributed by atoms with van der Waals surface area (Å²) in [7, 11) is 0. The molecule has 0 fully saturated rings. The van der Waals surface area contributed by atoms with Crippen LogP contribution in [0, 0.1) is 0 Å². The van der Waals surface area contributed by atoms with Crippen LogP contribution in [0.3, 0.4) is 0 Å². The van der Waals surface area contributed by atoms with Crippen LogP contribution < -0.4 is 5.73 Å². The number of hydrogen-bond acceptors (Lipinski definition) is 3. The molecule has 1 aromatic rings. The van der Waals surface area contributed by atoms with E-state index in [1.165, 1.54) is 6.08 Å². The van der Waals surface area contributed by atoms with E-state index in [0.717, 1.165) is 28.1 Å². The van der Waals surface area contributed by atoms with Gasteiger partial charge in [0.2, 0.25) is 0 Å². The first-order valence-corrected chi connectivity index (χ1v) is 6.77. The molecule has 0 atom stereocenters. The molecule has 0 saturated carbocycles. The number of rotatable bonds is 7. The van der Waals surface area contributed by atoms with Crippen molar-refractivity contribution in [3.05, 3.63) is 66.8 Å². The highest BCUT2D eigenvalue weighted by Gasteiger charge is 2.00. The van der Waals surface area contributed by atoms with Gasteiger partial charge in [0.15, 0.2) is 0 Å². The number of carbonyl (C=O) groups is 1. The summed E-state index contributed by atoms with van der Waals surface area (Å²) in [4.78, 5) is 11.4. The fraction of sp³-hybridized carbons (Fsp3) is 0.0625. The lowest BCUT2D eigenvalue weighted by Gasteiger charge is -2.05. The van der Waals surface area contributed by atoms with E-state index in [9.17, 15) is 4.79 Å². The molecule has 0 saturated heterocycles. The third-order valence-corrected chi connectivity index (χ3v) is 3.41. The minimum atomic E-state index is 0.660. The maximum absolute atomic E-state index is 10.3. The van der Waals surface area contributed by atoms with Crippen LogP contribution in [0.15, 0.2) is 66.1 Å². The Kier molecular flexibility index (Phi) is 6.47. The van der Waals surface area contributed by atoms with E-state index < -0.39 is 0 Å². The van der Waals surface area contributed by atoms with Gasteiger partial charge < -0.3 is 5.73 Å². The molecular weight excluding hydrogens is 254 g/mol. The summed E-state index contributed by atoms with van der Waals surface area (Å²) in [6, 6.07) is 5.77. The van der Waals surface area contributed by atoms with Crippen molar-refractivity contribution in [3.63, 3.8) is 0 Å². The molecule has 0 heterocycles. The highest BCUT2D eigenvalue weighted by molar-refractivity contribution is 7.99. The second-order valence-electron chi connectivity index (χ2n) is 3.83. The Balaban J connectivity index is 2.71. The molecular formula is C16H17NOS. The third kappa shape index (κ3) is 5.44. The van der Waals surface area contributed by atoms with Crippen LogP contribution in [0.2, 0.25) is 0 Å². The molecule has 0 spiro atoms. The molecule has 0 aliphatic carbocycles. The molecule has 1 aromatic carbocycles. The number of nitrogens with two attached hydrogens (primary N) is 1. The fourth-order valence-electron chi connectivity index (χ4n) is 1.36. The highest BCUT2D eigenvalue weighted by atomic mass is 32.2. The van der Waals surface area contributed by atoms with Gasteiger partial charge in [0.05, 0.1) is 0 Å². The SMILES string of the molecule is C=C/C=C\C(=C)CSc1ccc(N)c(/C=C/C=O)c1. The molecule has 0 amide bonds. The van der Waals surface area contributed by atoms with E-state index in [1.54, 1.807) is 23.9 Å². The molecule has 0 aromatic heterocycles. The van der Waals surface area contributed by atoms with E-state index in [4.69, 9.17) is 5.73 Å². The largest absolute Gasteiger partial charge is 0.398 e. The maximum atomic E-state index is 10.3. The average molecular weight is 271 g/mol. The van der Waals surface area contributed by atoms with Crippen molar-refractivity contribution in [2.24, 2.45) is 0 Å². The summed E-state index contributed by atoms with van der Waals surface area (Å²) in [5, 5.41) is 0. The second-order valence-corrected chi connectivity index (χ2v) is 4.88. The summed E-state index contributed by atoms with van der Waals surface area (Å²) in [5.74, 6) is 0.797. The minimum Gasteiger partial charge on any atom is -0.398 e. The number of hydrogen-bond donors (Lipinski definition) is 1. The molecule has 0 bridgehead atoms. The van der Waals surface area contributed by atoms with Crippen LogP contribution in [0.25, 0.3) is 6.08 Å². The van der Waals surface area contributed by atoms with Gasteiger partial charge in [-0.15, -0.1) is 11.8 Å². The van der Waals surface area contributed by atoms with Crippen LogP contribution >= 0.6 is 11.8 Å². The van der Waals surface area contributed by atoms with Gasteiger partial charge in [0.1, 0.15) is 6.29 Å². The molecule has 0 aliphatic rings. The molecule has 0 aliphatic heterocycles. The number of benzene rings is 1. The first-order valence-electron chi connectivity index (χ1n) is 5.78. The number of carbonyl (C=O) groups excluding carboxylic acids is 1. The Morgan fingerprint density at radius 1 is 1.37 bits per heavy atom. The van der Waals surface area contributed by atoms with Gasteiger partial charge in [-0.25, -0.2) is 0 Å². The van der Waals surface area contributed by atoms with Gasteiger partial charge >= 0.3 is 0 Å². The second kappa shape index (κ2) is 8.16. The first-order chi connectivity index (χ1) is 9.17. The van der Waals surface area contributed by atoms with Gasteiger partial charge in [-0.1, -0.05) is 31.4 Å². The molecule has 1 rings (SSSR count). The van der Waals surface area contributed by atoms with Crippen molar-refractivity contribution < 1.29 is 4.79 Å². The predicted molar refractivity (Wildman–Crippen MR) is 85.2 cm³/mol. The summed E-state index contributed by atoms with van der Waals surface area (Å²) in [6.07, 6.45) is 9.40. The maximum Gasteiger partial charge on any atom is 0.142 e. The Bertz CT molecular complexity index is 530. The van der Waals surface area contributed by atoms with E-state index in [0.29, 0.717) is 5.69 Å². The Morgan fingerprint density at radius 2 is 2.16 bits per heavy atom. The number of thioether (sulfide) groups is 1. The minimum absolute atomic E-state index is 0.660. The molecule has 2 nitrogen and oxygen atoms in total. The lowest BCUT2D eigenvalue weighted by atomic mass is 10.2. The lowest BCUT2D eigenvalue weighted by Crippen LogP contribution is -1.90. The topological polar surface area (TPSA) is 43.1 Å². The number of anilines is 1. The lowest BCUT2D eigenvalue weighted by molar-refractivity contribution is -0.104. The molecule has 98 valence electrons. The summed E-state index contributed by atoms with van der Waals surface area (Å²) in [5.41, 5.74) is 8.37.